The summed E-state index contributed by atoms with van der Waals surface area (Å²) in [6, 6.07) is 21.9. The molecule has 4 heteroatoms. The molecule has 0 spiro atoms. The Hall–Kier alpha value is -2.65. The van der Waals surface area contributed by atoms with Gasteiger partial charge in [0.25, 0.3) is 0 Å². The van der Waals surface area contributed by atoms with Gasteiger partial charge in [-0.25, -0.2) is 0 Å². The van der Waals surface area contributed by atoms with Crippen molar-refractivity contribution in [3.8, 4) is 11.5 Å². The minimum absolute atomic E-state index is 0.453. The van der Waals surface area contributed by atoms with Gasteiger partial charge < -0.3 is 14.8 Å². The van der Waals surface area contributed by atoms with Crippen LogP contribution in [0.15, 0.2) is 66.7 Å². The molecule has 0 aliphatic rings. The maximum absolute atomic E-state index is 6.08. The van der Waals surface area contributed by atoms with Crippen molar-refractivity contribution in [2.75, 3.05) is 12.4 Å². The van der Waals surface area contributed by atoms with Gasteiger partial charge in [0.2, 0.25) is 0 Å². The molecule has 3 rings (SSSR count). The third-order valence-electron chi connectivity index (χ3n) is 4.11. The second kappa shape index (κ2) is 8.63. The van der Waals surface area contributed by atoms with Gasteiger partial charge in [0.1, 0.15) is 6.61 Å². The Morgan fingerprint density at radius 2 is 1.65 bits per heavy atom. The molecule has 134 valence electrons. The van der Waals surface area contributed by atoms with Crippen LogP contribution in [0.25, 0.3) is 0 Å². The lowest BCUT2D eigenvalue weighted by molar-refractivity contribution is 0.281. The highest BCUT2D eigenvalue weighted by Gasteiger charge is 2.11. The Kier molecular flexibility index (Phi) is 6.03. The summed E-state index contributed by atoms with van der Waals surface area (Å²) in [4.78, 5) is 0. The molecule has 26 heavy (non-hydrogen) atoms. The van der Waals surface area contributed by atoms with Crippen molar-refractivity contribution in [2.24, 2.45) is 0 Å². The average molecular weight is 368 g/mol. The largest absolute Gasteiger partial charge is 0.493 e. The van der Waals surface area contributed by atoms with Crippen molar-refractivity contribution in [1.82, 2.24) is 0 Å². The lowest BCUT2D eigenvalue weighted by Gasteiger charge is -2.16. The molecule has 0 heterocycles. The fourth-order valence-corrected chi connectivity index (χ4v) is 2.76. The van der Waals surface area contributed by atoms with E-state index in [0.29, 0.717) is 18.2 Å². The molecule has 3 nitrogen and oxygen atoms in total. The molecule has 3 aromatic carbocycles. The monoisotopic (exact) mass is 367 g/mol. The molecule has 0 radical (unpaired) electrons. The number of hydrogen-bond donors (Lipinski definition) is 1. The highest BCUT2D eigenvalue weighted by atomic mass is 35.5. The first kappa shape index (κ1) is 18.2. The van der Waals surface area contributed by atoms with Gasteiger partial charge in [-0.3, -0.25) is 0 Å². The zero-order valence-corrected chi connectivity index (χ0v) is 15.7. The van der Waals surface area contributed by atoms with Crippen LogP contribution in [0.5, 0.6) is 11.5 Å². The molecule has 0 aliphatic heterocycles. The van der Waals surface area contributed by atoms with E-state index in [1.807, 2.05) is 42.5 Å². The number of hydrogen-bond acceptors (Lipinski definition) is 3. The van der Waals surface area contributed by atoms with E-state index in [1.165, 1.54) is 5.56 Å². The maximum Gasteiger partial charge on any atom is 0.166 e. The second-order valence-electron chi connectivity index (χ2n) is 6.08. The topological polar surface area (TPSA) is 30.5 Å². The van der Waals surface area contributed by atoms with Gasteiger partial charge >= 0.3 is 0 Å². The molecule has 0 amide bonds. The standard InChI is InChI=1S/C22H22ClNO2/c1-16-6-12-20(13-7-16)24-14-18-4-3-5-21(25-2)22(18)26-15-17-8-10-19(23)11-9-17/h3-13,24H,14-15H2,1-2H3. The Labute approximate surface area is 159 Å². The van der Waals surface area contributed by atoms with E-state index in [2.05, 4.69) is 36.5 Å². The van der Waals surface area contributed by atoms with E-state index in [4.69, 9.17) is 21.1 Å². The predicted molar refractivity (Wildman–Crippen MR) is 107 cm³/mol. The Morgan fingerprint density at radius 1 is 0.923 bits per heavy atom. The molecule has 1 N–H and O–H groups in total. The van der Waals surface area contributed by atoms with Crippen LogP contribution < -0.4 is 14.8 Å². The summed E-state index contributed by atoms with van der Waals surface area (Å²) < 4.78 is 11.6. The average Bonchev–Trinajstić information content (AvgIpc) is 2.67. The van der Waals surface area contributed by atoms with Crippen LogP contribution in [0.2, 0.25) is 5.02 Å². The lowest BCUT2D eigenvalue weighted by atomic mass is 10.1. The Balaban J connectivity index is 1.74. The smallest absolute Gasteiger partial charge is 0.166 e. The van der Waals surface area contributed by atoms with Crippen LogP contribution >= 0.6 is 11.6 Å². The Bertz CT molecular complexity index is 845. The quantitative estimate of drug-likeness (QED) is 0.568. The summed E-state index contributed by atoms with van der Waals surface area (Å²) in [6.45, 7) is 3.18. The number of benzene rings is 3. The number of ether oxygens (including phenoxy) is 2. The minimum atomic E-state index is 0.453. The van der Waals surface area contributed by atoms with Gasteiger partial charge in [-0.05, 0) is 42.8 Å². The van der Waals surface area contributed by atoms with Gasteiger partial charge in [-0.15, -0.1) is 0 Å². The van der Waals surface area contributed by atoms with Crippen molar-refractivity contribution in [3.05, 3.63) is 88.4 Å². The van der Waals surface area contributed by atoms with Crippen LogP contribution in [0, 0.1) is 6.92 Å². The van der Waals surface area contributed by atoms with Gasteiger partial charge in [0.05, 0.1) is 7.11 Å². The van der Waals surface area contributed by atoms with Crippen LogP contribution in [-0.4, -0.2) is 7.11 Å². The fourth-order valence-electron chi connectivity index (χ4n) is 2.63. The second-order valence-corrected chi connectivity index (χ2v) is 6.52. The van der Waals surface area contributed by atoms with Gasteiger partial charge in [-0.1, -0.05) is 53.6 Å². The molecule has 0 unspecified atom stereocenters. The fraction of sp³-hybridized carbons (Fsp3) is 0.182. The van der Waals surface area contributed by atoms with Crippen LogP contribution in [0.4, 0.5) is 5.69 Å². The number of aryl methyl sites for hydroxylation is 1. The highest BCUT2D eigenvalue weighted by Crippen LogP contribution is 2.32. The van der Waals surface area contributed by atoms with Crippen molar-refractivity contribution >= 4 is 17.3 Å². The van der Waals surface area contributed by atoms with Crippen LogP contribution in [-0.2, 0) is 13.2 Å². The molecule has 0 aromatic heterocycles. The van der Waals surface area contributed by atoms with E-state index < -0.39 is 0 Å². The van der Waals surface area contributed by atoms with Crippen LogP contribution in [0.3, 0.4) is 0 Å². The predicted octanol–water partition coefficient (Wildman–Crippen LogP) is 5.85. The summed E-state index contributed by atoms with van der Waals surface area (Å²) in [5.41, 5.74) is 4.41. The first-order chi connectivity index (χ1) is 12.7. The molecule has 0 saturated carbocycles. The number of rotatable bonds is 7. The maximum atomic E-state index is 6.08. The van der Waals surface area contributed by atoms with E-state index in [-0.39, 0.29) is 0 Å². The first-order valence-corrected chi connectivity index (χ1v) is 8.87. The molecule has 0 saturated heterocycles. The summed E-state index contributed by atoms with van der Waals surface area (Å²) >= 11 is 5.94. The zero-order valence-electron chi connectivity index (χ0n) is 15.0. The van der Waals surface area contributed by atoms with Crippen LogP contribution in [0.1, 0.15) is 16.7 Å². The summed E-state index contributed by atoms with van der Waals surface area (Å²) in [5.74, 6) is 1.48. The van der Waals surface area contributed by atoms with Crippen molar-refractivity contribution in [3.63, 3.8) is 0 Å². The number of nitrogens with one attached hydrogen (secondary N) is 1. The Morgan fingerprint density at radius 3 is 2.35 bits per heavy atom. The van der Waals surface area contributed by atoms with Crippen molar-refractivity contribution in [2.45, 2.75) is 20.1 Å². The van der Waals surface area contributed by atoms with Gasteiger partial charge in [0.15, 0.2) is 11.5 Å². The molecule has 0 fully saturated rings. The molecule has 0 bridgehead atoms. The normalized spacial score (nSPS) is 10.4. The minimum Gasteiger partial charge on any atom is -0.493 e. The third-order valence-corrected chi connectivity index (χ3v) is 4.36. The number of anilines is 1. The molecule has 0 atom stereocenters. The SMILES string of the molecule is COc1cccc(CNc2ccc(C)cc2)c1OCc1ccc(Cl)cc1. The summed E-state index contributed by atoms with van der Waals surface area (Å²) in [5, 5.41) is 4.15. The van der Waals surface area contributed by atoms with Crippen molar-refractivity contribution < 1.29 is 9.47 Å². The number of para-hydroxylation sites is 1. The van der Waals surface area contributed by atoms with Gasteiger partial charge in [-0.2, -0.15) is 0 Å². The van der Waals surface area contributed by atoms with E-state index in [9.17, 15) is 0 Å². The van der Waals surface area contributed by atoms with E-state index in [0.717, 1.165) is 28.3 Å². The molecular formula is C22H22ClNO2. The molecule has 0 aliphatic carbocycles. The first-order valence-electron chi connectivity index (χ1n) is 8.49. The highest BCUT2D eigenvalue weighted by molar-refractivity contribution is 6.30. The van der Waals surface area contributed by atoms with E-state index in [1.54, 1.807) is 7.11 Å². The number of methoxy groups -OCH3 is 1. The lowest BCUT2D eigenvalue weighted by Crippen LogP contribution is -2.05. The molecule has 3 aromatic rings. The van der Waals surface area contributed by atoms with Crippen molar-refractivity contribution in [1.29, 1.82) is 0 Å². The van der Waals surface area contributed by atoms with E-state index >= 15 is 0 Å². The number of halogens is 1. The van der Waals surface area contributed by atoms with Gasteiger partial charge in [0, 0.05) is 22.8 Å². The molecular weight excluding hydrogens is 346 g/mol. The summed E-state index contributed by atoms with van der Waals surface area (Å²) in [7, 11) is 1.65. The zero-order chi connectivity index (χ0) is 18.4. The summed E-state index contributed by atoms with van der Waals surface area (Å²) in [6.07, 6.45) is 0. The third kappa shape index (κ3) is 4.70.